The second-order valence-electron chi connectivity index (χ2n) is 7.25. The second kappa shape index (κ2) is 8.45. The lowest BCUT2D eigenvalue weighted by atomic mass is 10.2. The minimum Gasteiger partial charge on any atom is -0.497 e. The van der Waals surface area contributed by atoms with Gasteiger partial charge in [-0.15, -0.1) is 0 Å². The summed E-state index contributed by atoms with van der Waals surface area (Å²) in [5.41, 5.74) is 0.515. The summed E-state index contributed by atoms with van der Waals surface area (Å²) >= 11 is 1.21. The number of methoxy groups -OCH3 is 1. The third kappa shape index (κ3) is 3.92. The van der Waals surface area contributed by atoms with Gasteiger partial charge in [-0.2, -0.15) is 9.30 Å². The van der Waals surface area contributed by atoms with E-state index in [9.17, 15) is 23.3 Å². The average Bonchev–Trinajstić information content (AvgIpc) is 3.39. The quantitative estimate of drug-likeness (QED) is 0.411. The first-order valence-corrected chi connectivity index (χ1v) is 12.0. The predicted octanol–water partition coefficient (Wildman–Crippen LogP) is 2.44. The van der Waals surface area contributed by atoms with Crippen molar-refractivity contribution in [3.8, 4) is 5.75 Å². The van der Waals surface area contributed by atoms with Gasteiger partial charge < -0.3 is 9.30 Å². The molecule has 1 atom stereocenters. The van der Waals surface area contributed by atoms with Gasteiger partial charge in [0.1, 0.15) is 11.8 Å². The number of carbonyl (C=O) groups is 1. The number of ether oxygens (including phenoxy) is 1. The highest BCUT2D eigenvalue weighted by Gasteiger charge is 2.39. The van der Waals surface area contributed by atoms with E-state index in [0.717, 1.165) is 4.70 Å². The molecule has 1 amide bonds. The van der Waals surface area contributed by atoms with Crippen LogP contribution in [0.25, 0.3) is 10.2 Å². The first-order valence-electron chi connectivity index (χ1n) is 9.71. The molecule has 1 fully saturated rings. The number of thiazole rings is 1. The van der Waals surface area contributed by atoms with E-state index in [2.05, 4.69) is 4.99 Å². The number of aryl methyl sites for hydroxylation is 1. The van der Waals surface area contributed by atoms with Gasteiger partial charge in [-0.05, 0) is 43.2 Å². The Bertz CT molecular complexity index is 1380. The van der Waals surface area contributed by atoms with Crippen molar-refractivity contribution in [1.82, 2.24) is 8.87 Å². The van der Waals surface area contributed by atoms with E-state index in [1.165, 1.54) is 47.0 Å². The van der Waals surface area contributed by atoms with Crippen LogP contribution in [0.5, 0.6) is 5.75 Å². The van der Waals surface area contributed by atoms with E-state index >= 15 is 0 Å². The molecule has 1 aliphatic rings. The van der Waals surface area contributed by atoms with Gasteiger partial charge in [0, 0.05) is 25.7 Å². The number of hydrogen-bond acceptors (Lipinski definition) is 7. The first-order chi connectivity index (χ1) is 15.2. The number of nitrogens with zero attached hydrogens (tertiary/aromatic N) is 4. The number of benzene rings is 2. The zero-order valence-electron chi connectivity index (χ0n) is 17.3. The molecule has 1 saturated heterocycles. The molecule has 0 saturated carbocycles. The molecule has 1 aromatic heterocycles. The molecule has 0 radical (unpaired) electrons. The van der Waals surface area contributed by atoms with Gasteiger partial charge in [-0.3, -0.25) is 14.9 Å². The average molecular weight is 477 g/mol. The summed E-state index contributed by atoms with van der Waals surface area (Å²) in [6.07, 6.45) is 0.920. The van der Waals surface area contributed by atoms with Crippen molar-refractivity contribution >= 4 is 43.2 Å². The topological polar surface area (TPSA) is 124 Å². The fraction of sp³-hybridized carbons (Fsp3) is 0.300. The number of nitro groups is 1. The molecule has 3 aromatic rings. The lowest BCUT2D eigenvalue weighted by Crippen LogP contribution is -2.40. The molecule has 4 rings (SSSR count). The SMILES string of the molecule is COc1ccc(S(=O)(=O)N2CCCC2C(=O)N=c2sc3ccc([N+](=O)[O-])cc3n2C)cc1. The summed E-state index contributed by atoms with van der Waals surface area (Å²) in [7, 11) is -0.727. The van der Waals surface area contributed by atoms with Crippen LogP contribution in [0.2, 0.25) is 0 Å². The van der Waals surface area contributed by atoms with Crippen LogP contribution < -0.4 is 9.54 Å². The van der Waals surface area contributed by atoms with Gasteiger partial charge in [0.2, 0.25) is 10.0 Å². The number of amides is 1. The highest BCUT2D eigenvalue weighted by Crippen LogP contribution is 2.28. The molecule has 32 heavy (non-hydrogen) atoms. The first kappa shape index (κ1) is 22.1. The highest BCUT2D eigenvalue weighted by molar-refractivity contribution is 7.89. The van der Waals surface area contributed by atoms with Gasteiger partial charge in [0.05, 0.1) is 27.1 Å². The zero-order valence-corrected chi connectivity index (χ0v) is 18.9. The largest absolute Gasteiger partial charge is 0.497 e. The van der Waals surface area contributed by atoms with Crippen LogP contribution in [0.1, 0.15) is 12.8 Å². The molecule has 1 unspecified atom stereocenters. The summed E-state index contributed by atoms with van der Waals surface area (Å²) in [6, 6.07) is 9.53. The van der Waals surface area contributed by atoms with Crippen LogP contribution in [-0.2, 0) is 21.9 Å². The summed E-state index contributed by atoms with van der Waals surface area (Å²) in [4.78, 5) is 28.2. The summed E-state index contributed by atoms with van der Waals surface area (Å²) in [6.45, 7) is 0.227. The van der Waals surface area contributed by atoms with Crippen molar-refractivity contribution in [2.24, 2.45) is 12.0 Å². The second-order valence-corrected chi connectivity index (χ2v) is 10.2. The molecular weight excluding hydrogens is 456 g/mol. The zero-order chi connectivity index (χ0) is 23.0. The fourth-order valence-electron chi connectivity index (χ4n) is 3.66. The van der Waals surface area contributed by atoms with Crippen LogP contribution in [0.3, 0.4) is 0 Å². The molecule has 0 spiro atoms. The Morgan fingerprint density at radius 1 is 1.25 bits per heavy atom. The number of carbonyl (C=O) groups excluding carboxylic acids is 1. The third-order valence-electron chi connectivity index (χ3n) is 5.36. The highest BCUT2D eigenvalue weighted by atomic mass is 32.2. The van der Waals surface area contributed by atoms with E-state index in [-0.39, 0.29) is 17.1 Å². The van der Waals surface area contributed by atoms with Gasteiger partial charge in [-0.25, -0.2) is 8.42 Å². The van der Waals surface area contributed by atoms with Crippen LogP contribution in [0, 0.1) is 10.1 Å². The number of sulfonamides is 1. The Hall–Kier alpha value is -3.09. The maximum Gasteiger partial charge on any atom is 0.271 e. The van der Waals surface area contributed by atoms with Crippen LogP contribution in [-0.4, -0.2) is 47.8 Å². The minimum atomic E-state index is -3.88. The smallest absolute Gasteiger partial charge is 0.271 e. The number of rotatable bonds is 5. The van der Waals surface area contributed by atoms with Crippen molar-refractivity contribution in [3.05, 3.63) is 57.4 Å². The van der Waals surface area contributed by atoms with E-state index < -0.39 is 26.9 Å². The van der Waals surface area contributed by atoms with Gasteiger partial charge in [0.25, 0.3) is 11.6 Å². The van der Waals surface area contributed by atoms with Gasteiger partial charge in [0.15, 0.2) is 4.80 Å². The van der Waals surface area contributed by atoms with Crippen LogP contribution >= 0.6 is 11.3 Å². The molecule has 0 N–H and O–H groups in total. The molecule has 168 valence electrons. The Morgan fingerprint density at radius 2 is 1.97 bits per heavy atom. The van der Waals surface area contributed by atoms with Crippen molar-refractivity contribution in [1.29, 1.82) is 0 Å². The van der Waals surface area contributed by atoms with Crippen LogP contribution in [0.15, 0.2) is 52.4 Å². The number of non-ortho nitro benzene ring substituents is 1. The number of aromatic nitrogens is 1. The Kier molecular flexibility index (Phi) is 5.84. The Labute approximate surface area is 187 Å². The predicted molar refractivity (Wildman–Crippen MR) is 118 cm³/mol. The molecule has 0 bridgehead atoms. The minimum absolute atomic E-state index is 0.0590. The van der Waals surface area contributed by atoms with E-state index in [0.29, 0.717) is 28.9 Å². The summed E-state index contributed by atoms with van der Waals surface area (Å²) < 4.78 is 34.9. The van der Waals surface area contributed by atoms with Crippen molar-refractivity contribution < 1.29 is 22.9 Å². The molecule has 2 heterocycles. The van der Waals surface area contributed by atoms with Gasteiger partial charge >= 0.3 is 0 Å². The Balaban J connectivity index is 1.67. The van der Waals surface area contributed by atoms with E-state index in [1.54, 1.807) is 29.8 Å². The third-order valence-corrected chi connectivity index (χ3v) is 8.40. The van der Waals surface area contributed by atoms with E-state index in [1.807, 2.05) is 0 Å². The lowest BCUT2D eigenvalue weighted by molar-refractivity contribution is -0.384. The Morgan fingerprint density at radius 3 is 2.62 bits per heavy atom. The summed E-state index contributed by atoms with van der Waals surface area (Å²) in [5, 5.41) is 11.1. The van der Waals surface area contributed by atoms with Crippen molar-refractivity contribution in [3.63, 3.8) is 0 Å². The van der Waals surface area contributed by atoms with Crippen molar-refractivity contribution in [2.75, 3.05) is 13.7 Å². The maximum absolute atomic E-state index is 13.1. The van der Waals surface area contributed by atoms with Gasteiger partial charge in [-0.1, -0.05) is 11.3 Å². The molecule has 12 heteroatoms. The number of hydrogen-bond donors (Lipinski definition) is 0. The van der Waals surface area contributed by atoms with Crippen LogP contribution in [0.4, 0.5) is 5.69 Å². The monoisotopic (exact) mass is 476 g/mol. The molecular formula is C20H20N4O6S2. The lowest BCUT2D eigenvalue weighted by Gasteiger charge is -2.21. The number of nitro benzene ring substituents is 1. The standard InChI is InChI=1S/C20H20N4O6S2/c1-22-17-12-13(24(26)27)5-10-18(17)31-20(22)21-19(25)16-4-3-11-23(16)32(28,29)15-8-6-14(30-2)7-9-15/h5-10,12,16H,3-4,11H2,1-2H3. The fourth-order valence-corrected chi connectivity index (χ4v) is 6.32. The van der Waals surface area contributed by atoms with Crippen molar-refractivity contribution in [2.45, 2.75) is 23.8 Å². The molecule has 0 aliphatic carbocycles. The normalized spacial score (nSPS) is 17.7. The van der Waals surface area contributed by atoms with E-state index in [4.69, 9.17) is 4.74 Å². The maximum atomic E-state index is 13.1. The number of fused-ring (bicyclic) bond motifs is 1. The molecule has 2 aromatic carbocycles. The molecule has 1 aliphatic heterocycles. The summed E-state index contributed by atoms with van der Waals surface area (Å²) in [5.74, 6) is -0.0262. The molecule has 10 nitrogen and oxygen atoms in total.